The number of hydrogen-bond donors (Lipinski definition) is 2. The highest BCUT2D eigenvalue weighted by molar-refractivity contribution is 6.06. The van der Waals surface area contributed by atoms with E-state index in [2.05, 4.69) is 10.4 Å². The first-order chi connectivity index (χ1) is 14.5. The van der Waals surface area contributed by atoms with Crippen LogP contribution >= 0.6 is 0 Å². The van der Waals surface area contributed by atoms with Crippen LogP contribution in [0.2, 0.25) is 0 Å². The monoisotopic (exact) mass is 402 g/mol. The van der Waals surface area contributed by atoms with E-state index in [1.807, 2.05) is 24.3 Å². The van der Waals surface area contributed by atoms with Crippen molar-refractivity contribution in [2.75, 3.05) is 0 Å². The molecule has 0 saturated carbocycles. The van der Waals surface area contributed by atoms with E-state index in [9.17, 15) is 14.0 Å². The largest absolute Gasteiger partial charge is 0.368 e. The predicted octanol–water partition coefficient (Wildman–Crippen LogP) is 3.18. The number of carbonyl (C=O) groups excluding carboxylic acids is 2. The van der Waals surface area contributed by atoms with Gasteiger partial charge in [-0.3, -0.25) is 14.3 Å². The van der Waals surface area contributed by atoms with Gasteiger partial charge in [0.25, 0.3) is 5.91 Å². The van der Waals surface area contributed by atoms with Crippen LogP contribution in [0.25, 0.3) is 10.9 Å². The number of amides is 2. The second-order valence-corrected chi connectivity index (χ2v) is 6.87. The lowest BCUT2D eigenvalue weighted by molar-refractivity contribution is -0.120. The molecule has 3 N–H and O–H groups in total. The fourth-order valence-corrected chi connectivity index (χ4v) is 3.34. The third kappa shape index (κ3) is 3.91. The van der Waals surface area contributed by atoms with Crippen LogP contribution in [0.15, 0.2) is 78.9 Å². The van der Waals surface area contributed by atoms with E-state index in [-0.39, 0.29) is 11.5 Å². The van der Waals surface area contributed by atoms with Crippen molar-refractivity contribution in [3.8, 4) is 0 Å². The second kappa shape index (κ2) is 8.16. The van der Waals surface area contributed by atoms with Gasteiger partial charge in [0.2, 0.25) is 5.91 Å². The fraction of sp³-hybridized carbons (Fsp3) is 0.0870. The Morgan fingerprint density at radius 1 is 0.967 bits per heavy atom. The average molecular weight is 402 g/mol. The van der Waals surface area contributed by atoms with Crippen LogP contribution in [0.5, 0.6) is 0 Å². The fourth-order valence-electron chi connectivity index (χ4n) is 3.34. The van der Waals surface area contributed by atoms with Gasteiger partial charge in [0.15, 0.2) is 5.69 Å². The summed E-state index contributed by atoms with van der Waals surface area (Å²) in [7, 11) is 0. The normalized spacial score (nSPS) is 11.9. The molecule has 0 aliphatic rings. The van der Waals surface area contributed by atoms with Crippen LogP contribution in [0.4, 0.5) is 4.39 Å². The van der Waals surface area contributed by atoms with Gasteiger partial charge in [-0.05, 0) is 29.3 Å². The van der Waals surface area contributed by atoms with Crippen molar-refractivity contribution < 1.29 is 14.0 Å². The number of halogens is 1. The van der Waals surface area contributed by atoms with Crippen molar-refractivity contribution in [1.29, 1.82) is 0 Å². The van der Waals surface area contributed by atoms with E-state index in [4.69, 9.17) is 5.73 Å². The van der Waals surface area contributed by atoms with Gasteiger partial charge in [-0.1, -0.05) is 60.7 Å². The Bertz CT molecular complexity index is 1200. The van der Waals surface area contributed by atoms with E-state index < -0.39 is 17.9 Å². The zero-order valence-corrected chi connectivity index (χ0v) is 16.0. The molecule has 4 aromatic rings. The zero-order valence-electron chi connectivity index (χ0n) is 16.0. The van der Waals surface area contributed by atoms with Gasteiger partial charge in [0.05, 0.1) is 12.1 Å². The number of carbonyl (C=O) groups is 2. The lowest BCUT2D eigenvalue weighted by Gasteiger charge is -2.15. The van der Waals surface area contributed by atoms with Crippen LogP contribution in [-0.2, 0) is 11.3 Å². The Morgan fingerprint density at radius 3 is 2.33 bits per heavy atom. The molecule has 1 atom stereocenters. The number of nitrogens with zero attached hydrogens (tertiary/aromatic N) is 2. The summed E-state index contributed by atoms with van der Waals surface area (Å²) in [6.45, 7) is 0.367. The third-order valence-corrected chi connectivity index (χ3v) is 4.81. The minimum Gasteiger partial charge on any atom is -0.368 e. The molecule has 0 spiro atoms. The molecule has 0 fully saturated rings. The van der Waals surface area contributed by atoms with Gasteiger partial charge in [0, 0.05) is 5.39 Å². The summed E-state index contributed by atoms with van der Waals surface area (Å²) in [4.78, 5) is 25.0. The summed E-state index contributed by atoms with van der Waals surface area (Å²) in [5.74, 6) is -1.48. The maximum Gasteiger partial charge on any atom is 0.273 e. The van der Waals surface area contributed by atoms with Gasteiger partial charge >= 0.3 is 0 Å². The van der Waals surface area contributed by atoms with Crippen molar-refractivity contribution in [3.63, 3.8) is 0 Å². The van der Waals surface area contributed by atoms with Crippen molar-refractivity contribution in [3.05, 3.63) is 102 Å². The number of primary amides is 1. The van der Waals surface area contributed by atoms with Gasteiger partial charge in [-0.15, -0.1) is 0 Å². The van der Waals surface area contributed by atoms with Crippen LogP contribution in [0.3, 0.4) is 0 Å². The highest BCUT2D eigenvalue weighted by Gasteiger charge is 2.24. The van der Waals surface area contributed by atoms with Gasteiger partial charge in [-0.25, -0.2) is 4.39 Å². The summed E-state index contributed by atoms with van der Waals surface area (Å²) in [5.41, 5.74) is 7.89. The number of para-hydroxylation sites is 1. The third-order valence-electron chi connectivity index (χ3n) is 4.81. The Hall–Kier alpha value is -4.00. The topological polar surface area (TPSA) is 90.0 Å². The van der Waals surface area contributed by atoms with Gasteiger partial charge in [0.1, 0.15) is 11.9 Å². The lowest BCUT2D eigenvalue weighted by atomic mass is 10.1. The smallest absolute Gasteiger partial charge is 0.273 e. The van der Waals surface area contributed by atoms with E-state index in [0.29, 0.717) is 17.5 Å². The Labute approximate surface area is 172 Å². The molecule has 150 valence electrons. The Morgan fingerprint density at radius 2 is 1.63 bits per heavy atom. The van der Waals surface area contributed by atoms with Crippen molar-refractivity contribution in [1.82, 2.24) is 15.1 Å². The van der Waals surface area contributed by atoms with Crippen LogP contribution in [-0.4, -0.2) is 21.6 Å². The Balaban J connectivity index is 1.67. The second-order valence-electron chi connectivity index (χ2n) is 6.87. The summed E-state index contributed by atoms with van der Waals surface area (Å²) in [6.07, 6.45) is 0. The molecular weight excluding hydrogens is 383 g/mol. The summed E-state index contributed by atoms with van der Waals surface area (Å²) < 4.78 is 14.9. The maximum atomic E-state index is 13.2. The molecule has 0 aliphatic heterocycles. The minimum atomic E-state index is -0.972. The molecule has 0 radical (unpaired) electrons. The standard InChI is InChI=1S/C23H19FN4O2/c24-17-12-10-15(11-13-17)14-28-19-9-5-4-8-18(19)21(27-28)23(30)26-20(22(25)29)16-6-2-1-3-7-16/h1-13,20H,14H2,(H2,25,29)(H,26,30)/t20-/m0/s1. The number of hydrogen-bond acceptors (Lipinski definition) is 3. The number of rotatable bonds is 6. The van der Waals surface area contributed by atoms with E-state index >= 15 is 0 Å². The number of aromatic nitrogens is 2. The van der Waals surface area contributed by atoms with Crippen LogP contribution in [0, 0.1) is 5.82 Å². The number of nitrogens with one attached hydrogen (secondary N) is 1. The average Bonchev–Trinajstić information content (AvgIpc) is 3.12. The molecule has 7 heteroatoms. The summed E-state index contributed by atoms with van der Waals surface area (Å²) >= 11 is 0. The highest BCUT2D eigenvalue weighted by Crippen LogP contribution is 2.21. The molecule has 0 unspecified atom stereocenters. The molecule has 3 aromatic carbocycles. The molecule has 0 saturated heterocycles. The molecule has 0 aliphatic carbocycles. The molecule has 6 nitrogen and oxygen atoms in total. The Kier molecular flexibility index (Phi) is 5.26. The van der Waals surface area contributed by atoms with Crippen molar-refractivity contribution in [2.45, 2.75) is 12.6 Å². The highest BCUT2D eigenvalue weighted by atomic mass is 19.1. The maximum absolute atomic E-state index is 13.2. The molecule has 4 rings (SSSR count). The molecule has 0 bridgehead atoms. The van der Waals surface area contributed by atoms with Crippen molar-refractivity contribution in [2.24, 2.45) is 5.73 Å². The molecule has 1 aromatic heterocycles. The van der Waals surface area contributed by atoms with E-state index in [1.165, 1.54) is 12.1 Å². The minimum absolute atomic E-state index is 0.190. The van der Waals surface area contributed by atoms with E-state index in [1.54, 1.807) is 47.1 Å². The first kappa shape index (κ1) is 19.3. The molecule has 2 amide bonds. The zero-order chi connectivity index (χ0) is 21.1. The first-order valence-corrected chi connectivity index (χ1v) is 9.38. The number of fused-ring (bicyclic) bond motifs is 1. The molecule has 1 heterocycles. The van der Waals surface area contributed by atoms with Gasteiger partial charge in [-0.2, -0.15) is 5.10 Å². The lowest BCUT2D eigenvalue weighted by Crippen LogP contribution is -2.37. The SMILES string of the molecule is NC(=O)[C@@H](NC(=O)c1nn(Cc2ccc(F)cc2)c2ccccc12)c1ccccc1. The number of nitrogens with two attached hydrogens (primary N) is 1. The summed E-state index contributed by atoms with van der Waals surface area (Å²) in [5, 5.41) is 7.81. The van der Waals surface area contributed by atoms with Crippen LogP contribution < -0.4 is 11.1 Å². The number of benzene rings is 3. The summed E-state index contributed by atoms with van der Waals surface area (Å²) in [6, 6.07) is 21.2. The van der Waals surface area contributed by atoms with Crippen molar-refractivity contribution >= 4 is 22.7 Å². The molecule has 30 heavy (non-hydrogen) atoms. The quantitative estimate of drug-likeness (QED) is 0.519. The van der Waals surface area contributed by atoms with E-state index in [0.717, 1.165) is 11.1 Å². The predicted molar refractivity (Wildman–Crippen MR) is 111 cm³/mol. The first-order valence-electron chi connectivity index (χ1n) is 9.38. The molecular formula is C23H19FN4O2. The van der Waals surface area contributed by atoms with Gasteiger partial charge < -0.3 is 11.1 Å². The van der Waals surface area contributed by atoms with Crippen LogP contribution in [0.1, 0.15) is 27.7 Å².